The van der Waals surface area contributed by atoms with E-state index in [1.54, 1.807) is 0 Å². The second-order valence-corrected chi connectivity index (χ2v) is 13.7. The van der Waals surface area contributed by atoms with E-state index in [0.717, 1.165) is 24.8 Å². The zero-order chi connectivity index (χ0) is 18.2. The van der Waals surface area contributed by atoms with E-state index in [1.165, 1.54) is 5.56 Å². The minimum Gasteiger partial charge on any atom is -0.475 e. The monoisotopic (exact) mass is 350 g/mol. The number of rotatable bonds is 7. The topological polar surface area (TPSA) is 57.4 Å². The Labute approximate surface area is 148 Å². The fourth-order valence-electron chi connectivity index (χ4n) is 2.52. The standard InChI is InChI=1S/C19H34N2O2Si/c1-14(23-24(6,7)18(3,4)5)13-22-17-15(2)16(8-11-21-17)12-19(20)9-10-19/h8,11,14H,9-10,12-13,20H2,1-7H3. The summed E-state index contributed by atoms with van der Waals surface area (Å²) in [4.78, 5) is 4.40. The van der Waals surface area contributed by atoms with Crippen molar-refractivity contribution in [1.29, 1.82) is 0 Å². The third-order valence-corrected chi connectivity index (χ3v) is 10.1. The van der Waals surface area contributed by atoms with Crippen molar-refractivity contribution in [3.63, 3.8) is 0 Å². The van der Waals surface area contributed by atoms with Crippen molar-refractivity contribution in [3.05, 3.63) is 23.4 Å². The Morgan fingerprint density at radius 1 is 1.33 bits per heavy atom. The van der Waals surface area contributed by atoms with Gasteiger partial charge in [-0.3, -0.25) is 0 Å². The maximum Gasteiger partial charge on any atom is 0.216 e. The first-order valence-electron chi connectivity index (χ1n) is 8.97. The zero-order valence-electron chi connectivity index (χ0n) is 16.4. The highest BCUT2D eigenvalue weighted by Crippen LogP contribution is 2.38. The van der Waals surface area contributed by atoms with E-state index in [2.05, 4.69) is 58.8 Å². The molecule has 4 nitrogen and oxygen atoms in total. The van der Waals surface area contributed by atoms with Crippen LogP contribution in [0.3, 0.4) is 0 Å². The molecule has 1 aromatic rings. The predicted molar refractivity (Wildman–Crippen MR) is 102 cm³/mol. The van der Waals surface area contributed by atoms with E-state index in [4.69, 9.17) is 14.9 Å². The van der Waals surface area contributed by atoms with E-state index in [1.807, 2.05) is 6.20 Å². The Morgan fingerprint density at radius 2 is 1.96 bits per heavy atom. The molecule has 1 unspecified atom stereocenters. The fraction of sp³-hybridized carbons (Fsp3) is 0.737. The summed E-state index contributed by atoms with van der Waals surface area (Å²) in [5.74, 6) is 0.711. The van der Waals surface area contributed by atoms with Gasteiger partial charge in [0.05, 0.1) is 6.10 Å². The number of pyridine rings is 1. The first kappa shape index (κ1) is 19.4. The van der Waals surface area contributed by atoms with E-state index in [0.29, 0.717) is 12.5 Å². The molecule has 0 spiro atoms. The molecule has 5 heteroatoms. The van der Waals surface area contributed by atoms with Crippen LogP contribution in [-0.4, -0.2) is 31.6 Å². The molecule has 0 aromatic carbocycles. The van der Waals surface area contributed by atoms with Crippen molar-refractivity contribution in [2.45, 2.75) is 83.7 Å². The summed E-state index contributed by atoms with van der Waals surface area (Å²) in [6.45, 7) is 16.0. The summed E-state index contributed by atoms with van der Waals surface area (Å²) in [7, 11) is -1.77. The number of nitrogens with two attached hydrogens (primary N) is 1. The Hall–Kier alpha value is -0.913. The van der Waals surface area contributed by atoms with E-state index < -0.39 is 8.32 Å². The van der Waals surface area contributed by atoms with Gasteiger partial charge >= 0.3 is 0 Å². The van der Waals surface area contributed by atoms with Gasteiger partial charge < -0.3 is 14.9 Å². The van der Waals surface area contributed by atoms with Gasteiger partial charge in [-0.2, -0.15) is 0 Å². The van der Waals surface area contributed by atoms with Crippen LogP contribution in [0.25, 0.3) is 0 Å². The second kappa shape index (κ2) is 6.77. The lowest BCUT2D eigenvalue weighted by Crippen LogP contribution is -2.44. The Morgan fingerprint density at radius 3 is 2.50 bits per heavy atom. The Kier molecular flexibility index (Phi) is 5.48. The van der Waals surface area contributed by atoms with Gasteiger partial charge in [-0.05, 0) is 62.9 Å². The molecule has 2 rings (SSSR count). The molecule has 0 saturated heterocycles. The highest BCUT2D eigenvalue weighted by Gasteiger charge is 2.39. The summed E-state index contributed by atoms with van der Waals surface area (Å²) in [6, 6.07) is 2.06. The summed E-state index contributed by atoms with van der Waals surface area (Å²) >= 11 is 0. The van der Waals surface area contributed by atoms with Gasteiger partial charge in [-0.25, -0.2) is 4.98 Å². The summed E-state index contributed by atoms with van der Waals surface area (Å²) in [6.07, 6.45) is 5.02. The van der Waals surface area contributed by atoms with E-state index in [9.17, 15) is 0 Å². The van der Waals surface area contributed by atoms with Gasteiger partial charge in [-0.15, -0.1) is 0 Å². The number of aromatic nitrogens is 1. The highest BCUT2D eigenvalue weighted by molar-refractivity contribution is 6.74. The molecule has 0 radical (unpaired) electrons. The van der Waals surface area contributed by atoms with Crippen molar-refractivity contribution in [3.8, 4) is 5.88 Å². The SMILES string of the molecule is Cc1c(CC2(N)CC2)ccnc1OCC(C)O[Si](C)(C)C(C)(C)C. The van der Waals surface area contributed by atoms with Crippen LogP contribution in [-0.2, 0) is 10.8 Å². The molecule has 24 heavy (non-hydrogen) atoms. The Bertz CT molecular complexity index is 577. The van der Waals surface area contributed by atoms with Crippen molar-refractivity contribution < 1.29 is 9.16 Å². The summed E-state index contributed by atoms with van der Waals surface area (Å²) in [5, 5.41) is 0.203. The fourth-order valence-corrected chi connectivity index (χ4v) is 3.95. The average molecular weight is 351 g/mol. The van der Waals surface area contributed by atoms with Crippen LogP contribution in [0, 0.1) is 6.92 Å². The van der Waals surface area contributed by atoms with Gasteiger partial charge in [0.15, 0.2) is 8.32 Å². The molecule has 0 aliphatic heterocycles. The number of ether oxygens (including phenoxy) is 1. The van der Waals surface area contributed by atoms with Crippen LogP contribution >= 0.6 is 0 Å². The highest BCUT2D eigenvalue weighted by atomic mass is 28.4. The summed E-state index contributed by atoms with van der Waals surface area (Å²) < 4.78 is 12.3. The maximum absolute atomic E-state index is 6.35. The van der Waals surface area contributed by atoms with Gasteiger partial charge in [0, 0.05) is 17.3 Å². The number of nitrogens with zero attached hydrogens (tertiary/aromatic N) is 1. The smallest absolute Gasteiger partial charge is 0.216 e. The first-order valence-corrected chi connectivity index (χ1v) is 11.9. The normalized spacial score (nSPS) is 18.3. The maximum atomic E-state index is 6.35. The molecule has 136 valence electrons. The van der Waals surface area contributed by atoms with Gasteiger partial charge in [0.1, 0.15) is 6.61 Å². The first-order chi connectivity index (χ1) is 10.9. The minimum atomic E-state index is -1.77. The lowest BCUT2D eigenvalue weighted by Gasteiger charge is -2.38. The largest absolute Gasteiger partial charge is 0.475 e. The third-order valence-electron chi connectivity index (χ3n) is 5.46. The van der Waals surface area contributed by atoms with Crippen molar-refractivity contribution in [2.24, 2.45) is 5.73 Å². The third kappa shape index (κ3) is 4.80. The molecule has 0 bridgehead atoms. The quantitative estimate of drug-likeness (QED) is 0.748. The molecule has 1 heterocycles. The van der Waals surface area contributed by atoms with Crippen LogP contribution in [0.2, 0.25) is 18.1 Å². The Balaban J connectivity index is 1.95. The second-order valence-electron chi connectivity index (χ2n) is 8.94. The van der Waals surface area contributed by atoms with Crippen LogP contribution < -0.4 is 10.5 Å². The van der Waals surface area contributed by atoms with E-state index in [-0.39, 0.29) is 16.7 Å². The van der Waals surface area contributed by atoms with Gasteiger partial charge in [0.2, 0.25) is 5.88 Å². The molecule has 1 aliphatic carbocycles. The summed E-state index contributed by atoms with van der Waals surface area (Å²) in [5.41, 5.74) is 8.61. The molecular weight excluding hydrogens is 316 g/mol. The molecule has 1 fully saturated rings. The lowest BCUT2D eigenvalue weighted by atomic mass is 10.0. The van der Waals surface area contributed by atoms with E-state index >= 15 is 0 Å². The molecular formula is C19H34N2O2Si. The van der Waals surface area contributed by atoms with Gasteiger partial charge in [-0.1, -0.05) is 20.8 Å². The average Bonchev–Trinajstić information content (AvgIpc) is 3.15. The molecule has 1 aromatic heterocycles. The van der Waals surface area contributed by atoms with Crippen molar-refractivity contribution >= 4 is 8.32 Å². The van der Waals surface area contributed by atoms with Crippen LogP contribution in [0.5, 0.6) is 5.88 Å². The molecule has 1 atom stereocenters. The van der Waals surface area contributed by atoms with Crippen LogP contribution in [0.1, 0.15) is 51.7 Å². The molecule has 0 amide bonds. The van der Waals surface area contributed by atoms with Gasteiger partial charge in [0.25, 0.3) is 0 Å². The zero-order valence-corrected chi connectivity index (χ0v) is 17.4. The molecule has 2 N–H and O–H groups in total. The molecule has 1 aliphatic rings. The number of hydrogen-bond donors (Lipinski definition) is 1. The van der Waals surface area contributed by atoms with Crippen molar-refractivity contribution in [1.82, 2.24) is 4.98 Å². The number of hydrogen-bond acceptors (Lipinski definition) is 4. The van der Waals surface area contributed by atoms with Crippen LogP contribution in [0.4, 0.5) is 0 Å². The molecule has 1 saturated carbocycles. The predicted octanol–water partition coefficient (Wildman–Crippen LogP) is 4.21. The lowest BCUT2D eigenvalue weighted by molar-refractivity contribution is 0.126. The van der Waals surface area contributed by atoms with Crippen LogP contribution in [0.15, 0.2) is 12.3 Å². The minimum absolute atomic E-state index is 0.00210. The van der Waals surface area contributed by atoms with Crippen molar-refractivity contribution in [2.75, 3.05) is 6.61 Å².